The minimum atomic E-state index is -0.552. The Bertz CT molecular complexity index is 774. The Morgan fingerprint density at radius 2 is 2.08 bits per heavy atom. The van der Waals surface area contributed by atoms with Gasteiger partial charge in [0.25, 0.3) is 11.6 Å². The molecule has 0 atom stereocenters. The van der Waals surface area contributed by atoms with Crippen LogP contribution in [-0.4, -0.2) is 23.7 Å². The molecular weight excluding hydrogens is 322 g/mol. The molecule has 7 nitrogen and oxygen atoms in total. The van der Waals surface area contributed by atoms with Crippen LogP contribution >= 0.6 is 0 Å². The Morgan fingerprint density at radius 1 is 1.28 bits per heavy atom. The van der Waals surface area contributed by atoms with E-state index in [-0.39, 0.29) is 11.3 Å². The summed E-state index contributed by atoms with van der Waals surface area (Å²) in [5, 5.41) is 14.6. The minimum absolute atomic E-state index is 0.145. The molecule has 0 aliphatic heterocycles. The van der Waals surface area contributed by atoms with E-state index in [2.05, 4.69) is 17.5 Å². The van der Waals surface area contributed by atoms with Crippen LogP contribution < -0.4 is 10.2 Å². The normalized spacial score (nSPS) is 10.6. The Kier molecular flexibility index (Phi) is 6.65. The summed E-state index contributed by atoms with van der Waals surface area (Å²) in [6.45, 7) is 2.75. The summed E-state index contributed by atoms with van der Waals surface area (Å²) in [5.74, 6) is 0.220. The van der Waals surface area contributed by atoms with E-state index in [1.807, 2.05) is 24.3 Å². The molecule has 0 fully saturated rings. The summed E-state index contributed by atoms with van der Waals surface area (Å²) in [7, 11) is 0. The SMILES string of the molecule is CCCCOc1cccc(/C=N/NC(=O)c2cccc([N+](=O)[O-])c2)c1. The molecule has 0 aromatic heterocycles. The second-order valence-corrected chi connectivity index (χ2v) is 5.28. The third-order valence-electron chi connectivity index (χ3n) is 3.32. The van der Waals surface area contributed by atoms with Gasteiger partial charge in [0.1, 0.15) is 5.75 Å². The van der Waals surface area contributed by atoms with E-state index >= 15 is 0 Å². The summed E-state index contributed by atoms with van der Waals surface area (Å²) in [6, 6.07) is 12.8. The molecule has 2 aromatic carbocycles. The summed E-state index contributed by atoms with van der Waals surface area (Å²) >= 11 is 0. The maximum atomic E-state index is 12.0. The molecule has 0 saturated heterocycles. The number of hydrazone groups is 1. The molecule has 0 aliphatic rings. The lowest BCUT2D eigenvalue weighted by atomic mass is 10.2. The number of nitrogens with zero attached hydrogens (tertiary/aromatic N) is 2. The highest BCUT2D eigenvalue weighted by atomic mass is 16.6. The van der Waals surface area contributed by atoms with Crippen LogP contribution in [0.3, 0.4) is 0 Å². The third-order valence-corrected chi connectivity index (χ3v) is 3.32. The molecule has 7 heteroatoms. The lowest BCUT2D eigenvalue weighted by Gasteiger charge is -2.05. The van der Waals surface area contributed by atoms with Crippen molar-refractivity contribution in [2.45, 2.75) is 19.8 Å². The number of hydrogen-bond donors (Lipinski definition) is 1. The molecule has 0 unspecified atom stereocenters. The number of carbonyl (C=O) groups is 1. The van der Waals surface area contributed by atoms with Gasteiger partial charge in [-0.15, -0.1) is 0 Å². The number of hydrogen-bond acceptors (Lipinski definition) is 5. The molecule has 0 heterocycles. The molecule has 0 bridgehead atoms. The highest BCUT2D eigenvalue weighted by molar-refractivity contribution is 5.95. The van der Waals surface area contributed by atoms with E-state index in [4.69, 9.17) is 4.74 Å². The highest BCUT2D eigenvalue weighted by Gasteiger charge is 2.10. The van der Waals surface area contributed by atoms with Crippen molar-refractivity contribution in [3.05, 3.63) is 69.8 Å². The number of non-ortho nitro benzene ring substituents is 1. The number of amides is 1. The number of ether oxygens (including phenoxy) is 1. The monoisotopic (exact) mass is 341 g/mol. The molecule has 25 heavy (non-hydrogen) atoms. The fourth-order valence-corrected chi connectivity index (χ4v) is 2.01. The van der Waals surface area contributed by atoms with Crippen LogP contribution in [0.2, 0.25) is 0 Å². The zero-order valence-corrected chi connectivity index (χ0v) is 13.8. The van der Waals surface area contributed by atoms with Crippen LogP contribution in [0.1, 0.15) is 35.7 Å². The van der Waals surface area contributed by atoms with Gasteiger partial charge < -0.3 is 4.74 Å². The van der Waals surface area contributed by atoms with Gasteiger partial charge in [-0.2, -0.15) is 5.10 Å². The van der Waals surface area contributed by atoms with E-state index in [1.54, 1.807) is 0 Å². The number of carbonyl (C=O) groups excluding carboxylic acids is 1. The van der Waals surface area contributed by atoms with Crippen LogP contribution in [0, 0.1) is 10.1 Å². The predicted octanol–water partition coefficient (Wildman–Crippen LogP) is 3.54. The van der Waals surface area contributed by atoms with Gasteiger partial charge in [0.05, 0.1) is 17.7 Å². The topological polar surface area (TPSA) is 93.8 Å². The molecule has 0 saturated carbocycles. The molecule has 130 valence electrons. The fourth-order valence-electron chi connectivity index (χ4n) is 2.01. The molecule has 0 aliphatic carbocycles. The Morgan fingerprint density at radius 3 is 2.84 bits per heavy atom. The van der Waals surface area contributed by atoms with Crippen molar-refractivity contribution >= 4 is 17.8 Å². The van der Waals surface area contributed by atoms with Gasteiger partial charge in [0.15, 0.2) is 0 Å². The second kappa shape index (κ2) is 9.17. The van der Waals surface area contributed by atoms with Crippen molar-refractivity contribution in [2.75, 3.05) is 6.61 Å². The lowest BCUT2D eigenvalue weighted by Crippen LogP contribution is -2.17. The molecule has 0 radical (unpaired) electrons. The molecular formula is C18H19N3O4. The number of nitrogens with one attached hydrogen (secondary N) is 1. The smallest absolute Gasteiger partial charge is 0.271 e. The minimum Gasteiger partial charge on any atom is -0.494 e. The van der Waals surface area contributed by atoms with Gasteiger partial charge in [0, 0.05) is 17.7 Å². The molecule has 0 spiro atoms. The van der Waals surface area contributed by atoms with Gasteiger partial charge in [-0.25, -0.2) is 5.43 Å². The van der Waals surface area contributed by atoms with Crippen LogP contribution in [0.5, 0.6) is 5.75 Å². The van der Waals surface area contributed by atoms with E-state index in [9.17, 15) is 14.9 Å². The van der Waals surface area contributed by atoms with Crippen LogP contribution in [0.25, 0.3) is 0 Å². The van der Waals surface area contributed by atoms with Gasteiger partial charge in [0.2, 0.25) is 0 Å². The average Bonchev–Trinajstić information content (AvgIpc) is 2.62. The summed E-state index contributed by atoms with van der Waals surface area (Å²) in [5.41, 5.74) is 3.15. The zero-order valence-electron chi connectivity index (χ0n) is 13.8. The van der Waals surface area contributed by atoms with Crippen molar-refractivity contribution in [3.63, 3.8) is 0 Å². The zero-order chi connectivity index (χ0) is 18.1. The van der Waals surface area contributed by atoms with E-state index in [0.717, 1.165) is 24.2 Å². The van der Waals surface area contributed by atoms with Gasteiger partial charge in [-0.05, 0) is 30.2 Å². The molecule has 2 aromatic rings. The van der Waals surface area contributed by atoms with Crippen molar-refractivity contribution < 1.29 is 14.5 Å². The van der Waals surface area contributed by atoms with Crippen molar-refractivity contribution in [2.24, 2.45) is 5.10 Å². The lowest BCUT2D eigenvalue weighted by molar-refractivity contribution is -0.384. The molecule has 1 N–H and O–H groups in total. The fraction of sp³-hybridized carbons (Fsp3) is 0.222. The first kappa shape index (κ1) is 18.1. The van der Waals surface area contributed by atoms with Crippen molar-refractivity contribution in [3.8, 4) is 5.75 Å². The Hall–Kier alpha value is -3.22. The number of benzene rings is 2. The van der Waals surface area contributed by atoms with Crippen molar-refractivity contribution in [1.82, 2.24) is 5.43 Å². The standard InChI is InChI=1S/C18H19N3O4/c1-2-3-10-25-17-9-4-6-14(11-17)13-19-20-18(22)15-7-5-8-16(12-15)21(23)24/h4-9,11-13H,2-3,10H2,1H3,(H,20,22)/b19-13+. The first-order chi connectivity index (χ1) is 12.1. The van der Waals surface area contributed by atoms with Gasteiger partial charge in [-0.1, -0.05) is 31.5 Å². The highest BCUT2D eigenvalue weighted by Crippen LogP contribution is 2.14. The molecule has 2 rings (SSSR count). The van der Waals surface area contributed by atoms with E-state index < -0.39 is 10.8 Å². The largest absolute Gasteiger partial charge is 0.494 e. The second-order valence-electron chi connectivity index (χ2n) is 5.28. The maximum Gasteiger partial charge on any atom is 0.271 e. The number of unbranched alkanes of at least 4 members (excludes halogenated alkanes) is 1. The van der Waals surface area contributed by atoms with Crippen LogP contribution in [0.4, 0.5) is 5.69 Å². The number of rotatable bonds is 8. The van der Waals surface area contributed by atoms with Gasteiger partial charge in [-0.3, -0.25) is 14.9 Å². The van der Waals surface area contributed by atoms with E-state index in [1.165, 1.54) is 30.5 Å². The Balaban J connectivity index is 1.96. The molecule has 1 amide bonds. The first-order valence-electron chi connectivity index (χ1n) is 7.91. The van der Waals surface area contributed by atoms with Gasteiger partial charge >= 0.3 is 0 Å². The summed E-state index contributed by atoms with van der Waals surface area (Å²) in [6.07, 6.45) is 3.53. The van der Waals surface area contributed by atoms with Crippen LogP contribution in [0.15, 0.2) is 53.6 Å². The predicted molar refractivity (Wildman–Crippen MR) is 95.0 cm³/mol. The van der Waals surface area contributed by atoms with Crippen LogP contribution in [-0.2, 0) is 0 Å². The van der Waals surface area contributed by atoms with E-state index in [0.29, 0.717) is 6.61 Å². The average molecular weight is 341 g/mol. The maximum absolute atomic E-state index is 12.0. The first-order valence-corrected chi connectivity index (χ1v) is 7.91. The quantitative estimate of drug-likeness (QED) is 0.344. The number of nitro benzene ring substituents is 1. The number of nitro groups is 1. The third kappa shape index (κ3) is 5.72. The summed E-state index contributed by atoms with van der Waals surface area (Å²) < 4.78 is 5.61. The summed E-state index contributed by atoms with van der Waals surface area (Å²) in [4.78, 5) is 22.2. The Labute approximate surface area is 145 Å². The van der Waals surface area contributed by atoms with Crippen molar-refractivity contribution in [1.29, 1.82) is 0 Å².